The van der Waals surface area contributed by atoms with E-state index in [0.29, 0.717) is 22.9 Å². The number of fused-ring (bicyclic) bond motifs is 1. The molecule has 1 aliphatic rings. The maximum absolute atomic E-state index is 12.6. The van der Waals surface area contributed by atoms with Gasteiger partial charge >= 0.3 is 0 Å². The number of rotatable bonds is 4. The van der Waals surface area contributed by atoms with E-state index >= 15 is 0 Å². The third-order valence-electron chi connectivity index (χ3n) is 4.40. The van der Waals surface area contributed by atoms with Gasteiger partial charge in [-0.1, -0.05) is 22.0 Å². The molecule has 6 heteroatoms. The molecule has 2 N–H and O–H groups in total. The van der Waals surface area contributed by atoms with Crippen molar-refractivity contribution < 1.29 is 14.0 Å². The van der Waals surface area contributed by atoms with Gasteiger partial charge in [0.2, 0.25) is 0 Å². The van der Waals surface area contributed by atoms with Crippen molar-refractivity contribution in [2.24, 2.45) is 0 Å². The first-order chi connectivity index (χ1) is 12.5. The van der Waals surface area contributed by atoms with Gasteiger partial charge in [0.05, 0.1) is 0 Å². The number of amides is 2. The first-order valence-electron chi connectivity index (χ1n) is 8.42. The second-order valence-electron chi connectivity index (χ2n) is 6.48. The summed E-state index contributed by atoms with van der Waals surface area (Å²) in [5, 5.41) is 6.65. The highest BCUT2D eigenvalue weighted by atomic mass is 79.9. The molecule has 1 aliphatic carbocycles. The lowest BCUT2D eigenvalue weighted by atomic mass is 10.1. The number of benzene rings is 2. The molecule has 0 unspecified atom stereocenters. The van der Waals surface area contributed by atoms with Gasteiger partial charge in [-0.3, -0.25) is 9.59 Å². The summed E-state index contributed by atoms with van der Waals surface area (Å²) in [5.74, 6) is -0.186. The van der Waals surface area contributed by atoms with Gasteiger partial charge in [0.15, 0.2) is 5.76 Å². The monoisotopic (exact) mass is 412 g/mol. The zero-order chi connectivity index (χ0) is 18.3. The Labute approximate surface area is 158 Å². The number of anilines is 1. The summed E-state index contributed by atoms with van der Waals surface area (Å²) in [4.78, 5) is 24.8. The zero-order valence-corrected chi connectivity index (χ0v) is 15.7. The molecular weight excluding hydrogens is 396 g/mol. The normalized spacial score (nSPS) is 13.6. The molecule has 4 rings (SSSR count). The molecular formula is C20H17BrN2O3. The fourth-order valence-corrected chi connectivity index (χ4v) is 3.19. The van der Waals surface area contributed by atoms with E-state index in [-0.39, 0.29) is 17.6 Å². The molecule has 0 radical (unpaired) electrons. The summed E-state index contributed by atoms with van der Waals surface area (Å²) in [5.41, 5.74) is 2.52. The molecule has 26 heavy (non-hydrogen) atoms. The molecule has 0 atom stereocenters. The van der Waals surface area contributed by atoms with Crippen LogP contribution in [0.15, 0.2) is 51.4 Å². The zero-order valence-electron chi connectivity index (χ0n) is 14.1. The van der Waals surface area contributed by atoms with Gasteiger partial charge in [-0.25, -0.2) is 0 Å². The van der Waals surface area contributed by atoms with Gasteiger partial charge in [-0.15, -0.1) is 0 Å². The Bertz CT molecular complexity index is 1020. The minimum absolute atomic E-state index is 0.117. The van der Waals surface area contributed by atoms with Crippen molar-refractivity contribution in [3.8, 4) is 0 Å². The molecule has 0 aliphatic heterocycles. The van der Waals surface area contributed by atoms with Gasteiger partial charge in [0.1, 0.15) is 5.58 Å². The summed E-state index contributed by atoms with van der Waals surface area (Å²) < 4.78 is 6.64. The largest absolute Gasteiger partial charge is 0.451 e. The molecule has 0 spiro atoms. The Hall–Kier alpha value is -2.60. The molecule has 0 saturated heterocycles. The van der Waals surface area contributed by atoms with Crippen LogP contribution in [0.5, 0.6) is 0 Å². The third-order valence-corrected chi connectivity index (χ3v) is 4.89. The summed E-state index contributed by atoms with van der Waals surface area (Å²) in [6, 6.07) is 12.8. The Kier molecular flexibility index (Phi) is 4.28. The lowest BCUT2D eigenvalue weighted by molar-refractivity contribution is 0.0949. The van der Waals surface area contributed by atoms with Crippen LogP contribution in [0, 0.1) is 6.92 Å². The van der Waals surface area contributed by atoms with Gasteiger partial charge in [-0.2, -0.15) is 0 Å². The van der Waals surface area contributed by atoms with Crippen molar-refractivity contribution in [3.05, 3.63) is 63.8 Å². The van der Waals surface area contributed by atoms with Crippen LogP contribution in [0.4, 0.5) is 5.69 Å². The van der Waals surface area contributed by atoms with Crippen LogP contribution in [-0.4, -0.2) is 17.9 Å². The van der Waals surface area contributed by atoms with Crippen molar-refractivity contribution in [2.45, 2.75) is 25.8 Å². The first-order valence-corrected chi connectivity index (χ1v) is 9.21. The van der Waals surface area contributed by atoms with E-state index in [1.807, 2.05) is 25.1 Å². The average molecular weight is 413 g/mol. The quantitative estimate of drug-likeness (QED) is 0.654. The van der Waals surface area contributed by atoms with E-state index in [0.717, 1.165) is 28.3 Å². The number of nitrogens with one attached hydrogen (secondary N) is 2. The maximum Gasteiger partial charge on any atom is 0.291 e. The van der Waals surface area contributed by atoms with E-state index in [4.69, 9.17) is 4.42 Å². The van der Waals surface area contributed by atoms with E-state index in [2.05, 4.69) is 26.6 Å². The van der Waals surface area contributed by atoms with Gasteiger partial charge in [-0.05, 0) is 56.2 Å². The Morgan fingerprint density at radius 2 is 1.92 bits per heavy atom. The van der Waals surface area contributed by atoms with Crippen LogP contribution >= 0.6 is 15.9 Å². The Morgan fingerprint density at radius 1 is 1.12 bits per heavy atom. The van der Waals surface area contributed by atoms with Crippen molar-refractivity contribution in [1.82, 2.24) is 5.32 Å². The standard InChI is InChI=1S/C20H17BrN2O3/c1-11-16-10-13(21)5-8-17(16)26-18(11)20(25)23-15-4-2-3-12(9-15)19(24)22-14-6-7-14/h2-5,8-10,14H,6-7H2,1H3,(H,22,24)(H,23,25). The number of hydrogen-bond donors (Lipinski definition) is 2. The molecule has 1 fully saturated rings. The van der Waals surface area contributed by atoms with Crippen LogP contribution < -0.4 is 10.6 Å². The molecule has 2 amide bonds. The SMILES string of the molecule is Cc1c(C(=O)Nc2cccc(C(=O)NC3CC3)c2)oc2ccc(Br)cc12. The number of furan rings is 1. The summed E-state index contributed by atoms with van der Waals surface area (Å²) in [7, 11) is 0. The lowest BCUT2D eigenvalue weighted by Gasteiger charge is -2.07. The maximum atomic E-state index is 12.6. The number of carbonyl (C=O) groups excluding carboxylic acids is 2. The van der Waals surface area contributed by atoms with E-state index in [1.54, 1.807) is 24.3 Å². The van der Waals surface area contributed by atoms with E-state index in [9.17, 15) is 9.59 Å². The number of aryl methyl sites for hydroxylation is 1. The van der Waals surface area contributed by atoms with Crippen molar-refractivity contribution in [1.29, 1.82) is 0 Å². The highest BCUT2D eigenvalue weighted by molar-refractivity contribution is 9.10. The predicted octanol–water partition coefficient (Wildman–Crippen LogP) is 4.65. The molecule has 1 aromatic heterocycles. The number of carbonyl (C=O) groups is 2. The van der Waals surface area contributed by atoms with Gasteiger partial charge in [0, 0.05) is 32.7 Å². The highest BCUT2D eigenvalue weighted by Gasteiger charge is 2.24. The van der Waals surface area contributed by atoms with E-state index in [1.165, 1.54) is 0 Å². The summed E-state index contributed by atoms with van der Waals surface area (Å²) >= 11 is 3.43. The van der Waals surface area contributed by atoms with Crippen LogP contribution in [-0.2, 0) is 0 Å². The topological polar surface area (TPSA) is 71.3 Å². The fourth-order valence-electron chi connectivity index (χ4n) is 2.83. The van der Waals surface area contributed by atoms with Crippen molar-refractivity contribution in [2.75, 3.05) is 5.32 Å². The van der Waals surface area contributed by atoms with Crippen LogP contribution in [0.3, 0.4) is 0 Å². The second-order valence-corrected chi connectivity index (χ2v) is 7.40. The fraction of sp³-hybridized carbons (Fsp3) is 0.200. The predicted molar refractivity (Wildman–Crippen MR) is 104 cm³/mol. The summed E-state index contributed by atoms with van der Waals surface area (Å²) in [6.07, 6.45) is 2.06. The Morgan fingerprint density at radius 3 is 2.69 bits per heavy atom. The van der Waals surface area contributed by atoms with Crippen LogP contribution in [0.25, 0.3) is 11.0 Å². The second kappa shape index (κ2) is 6.61. The minimum atomic E-state index is -0.338. The smallest absolute Gasteiger partial charge is 0.291 e. The average Bonchev–Trinajstić information content (AvgIpc) is 3.38. The van der Waals surface area contributed by atoms with Crippen molar-refractivity contribution in [3.63, 3.8) is 0 Å². The van der Waals surface area contributed by atoms with Gasteiger partial charge < -0.3 is 15.1 Å². The van der Waals surface area contributed by atoms with Crippen LogP contribution in [0.1, 0.15) is 39.3 Å². The van der Waals surface area contributed by atoms with E-state index < -0.39 is 0 Å². The molecule has 2 aromatic carbocycles. The third kappa shape index (κ3) is 3.37. The molecule has 132 valence electrons. The molecule has 1 saturated carbocycles. The molecule has 1 heterocycles. The highest BCUT2D eigenvalue weighted by Crippen LogP contribution is 2.28. The van der Waals surface area contributed by atoms with Gasteiger partial charge in [0.25, 0.3) is 11.8 Å². The lowest BCUT2D eigenvalue weighted by Crippen LogP contribution is -2.25. The molecule has 5 nitrogen and oxygen atoms in total. The molecule has 0 bridgehead atoms. The summed E-state index contributed by atoms with van der Waals surface area (Å²) in [6.45, 7) is 1.85. The number of halogens is 1. The van der Waals surface area contributed by atoms with Crippen LogP contribution in [0.2, 0.25) is 0 Å². The minimum Gasteiger partial charge on any atom is -0.451 e. The Balaban J connectivity index is 1.56. The number of hydrogen-bond acceptors (Lipinski definition) is 3. The molecule has 3 aromatic rings. The van der Waals surface area contributed by atoms with Crippen molar-refractivity contribution >= 4 is 44.4 Å². The first kappa shape index (κ1) is 16.8.